The highest BCUT2D eigenvalue weighted by Crippen LogP contribution is 2.23. The van der Waals surface area contributed by atoms with Crippen LogP contribution < -0.4 is 10.6 Å². The zero-order valence-corrected chi connectivity index (χ0v) is 15.0. The van der Waals surface area contributed by atoms with Crippen molar-refractivity contribution in [3.8, 4) is 5.75 Å². The minimum Gasteiger partial charge on any atom is -0.507 e. The molecule has 0 heterocycles. The molecule has 0 fully saturated rings. The summed E-state index contributed by atoms with van der Waals surface area (Å²) in [5, 5.41) is 15.7. The molecule has 0 spiro atoms. The van der Waals surface area contributed by atoms with E-state index in [4.69, 9.17) is 11.6 Å². The summed E-state index contributed by atoms with van der Waals surface area (Å²) in [4.78, 5) is 24.7. The molecule has 0 radical (unpaired) electrons. The average Bonchev–Trinajstić information content (AvgIpc) is 2.69. The summed E-state index contributed by atoms with van der Waals surface area (Å²) in [6, 6.07) is 20.4. The van der Waals surface area contributed by atoms with Gasteiger partial charge in [0.1, 0.15) is 5.75 Å². The molecule has 3 aromatic rings. The molecular formula is C21H17ClN2O3. The molecule has 0 aromatic heterocycles. The summed E-state index contributed by atoms with van der Waals surface area (Å²) < 4.78 is 0. The lowest BCUT2D eigenvalue weighted by molar-refractivity contribution is 0.0949. The molecule has 0 aliphatic rings. The number of phenolic OH excluding ortho intramolecular Hbond substituents is 1. The van der Waals surface area contributed by atoms with Crippen LogP contribution in [0.15, 0.2) is 72.8 Å². The number of nitrogens with one attached hydrogen (secondary N) is 2. The van der Waals surface area contributed by atoms with Gasteiger partial charge in [0.15, 0.2) is 0 Å². The van der Waals surface area contributed by atoms with E-state index in [1.807, 2.05) is 30.3 Å². The van der Waals surface area contributed by atoms with E-state index in [1.165, 1.54) is 18.2 Å². The van der Waals surface area contributed by atoms with Crippen LogP contribution in [0.5, 0.6) is 5.75 Å². The van der Waals surface area contributed by atoms with Crippen LogP contribution in [0.1, 0.15) is 26.3 Å². The van der Waals surface area contributed by atoms with Gasteiger partial charge in [0.05, 0.1) is 5.56 Å². The van der Waals surface area contributed by atoms with Crippen LogP contribution in [-0.4, -0.2) is 16.9 Å². The van der Waals surface area contributed by atoms with E-state index in [0.717, 1.165) is 5.56 Å². The summed E-state index contributed by atoms with van der Waals surface area (Å²) in [6.07, 6.45) is 0. The second-order valence-corrected chi connectivity index (χ2v) is 6.30. The molecule has 0 atom stereocenters. The number of hydrogen-bond acceptors (Lipinski definition) is 3. The molecule has 3 rings (SSSR count). The third kappa shape index (κ3) is 4.86. The number of anilines is 1. The molecular weight excluding hydrogens is 364 g/mol. The van der Waals surface area contributed by atoms with E-state index in [1.54, 1.807) is 24.3 Å². The van der Waals surface area contributed by atoms with Gasteiger partial charge in [0.2, 0.25) is 0 Å². The molecule has 0 aliphatic heterocycles. The van der Waals surface area contributed by atoms with Crippen molar-refractivity contribution in [1.82, 2.24) is 5.32 Å². The van der Waals surface area contributed by atoms with Crippen molar-refractivity contribution in [3.63, 3.8) is 0 Å². The Morgan fingerprint density at radius 3 is 2.44 bits per heavy atom. The van der Waals surface area contributed by atoms with Crippen molar-refractivity contribution in [2.45, 2.75) is 6.54 Å². The Morgan fingerprint density at radius 2 is 1.67 bits per heavy atom. The van der Waals surface area contributed by atoms with Gasteiger partial charge in [-0.15, -0.1) is 0 Å². The highest BCUT2D eigenvalue weighted by Gasteiger charge is 2.13. The second-order valence-electron chi connectivity index (χ2n) is 5.86. The van der Waals surface area contributed by atoms with Gasteiger partial charge < -0.3 is 15.7 Å². The van der Waals surface area contributed by atoms with E-state index in [0.29, 0.717) is 22.8 Å². The summed E-state index contributed by atoms with van der Waals surface area (Å²) in [5.74, 6) is -0.939. The Hall–Kier alpha value is -3.31. The largest absolute Gasteiger partial charge is 0.507 e. The molecule has 0 aliphatic carbocycles. The number of phenols is 1. The number of carbonyl (C=O) groups is 2. The first-order valence-electron chi connectivity index (χ1n) is 8.25. The summed E-state index contributed by atoms with van der Waals surface area (Å²) in [5.41, 5.74) is 1.90. The number of benzene rings is 3. The smallest absolute Gasteiger partial charge is 0.259 e. The lowest BCUT2D eigenvalue weighted by Gasteiger charge is -2.09. The Balaban J connectivity index is 1.68. The minimum absolute atomic E-state index is 0.0569. The molecule has 3 aromatic carbocycles. The number of carbonyl (C=O) groups excluding carboxylic acids is 2. The lowest BCUT2D eigenvalue weighted by atomic mass is 10.1. The molecule has 6 heteroatoms. The van der Waals surface area contributed by atoms with Crippen LogP contribution in [0.25, 0.3) is 0 Å². The number of aromatic hydroxyl groups is 1. The quantitative estimate of drug-likeness (QED) is 0.619. The highest BCUT2D eigenvalue weighted by molar-refractivity contribution is 6.31. The molecule has 0 saturated heterocycles. The van der Waals surface area contributed by atoms with Crippen molar-refractivity contribution in [2.24, 2.45) is 0 Å². The first-order valence-corrected chi connectivity index (χ1v) is 8.63. The molecule has 2 amide bonds. The van der Waals surface area contributed by atoms with Crippen LogP contribution in [0.4, 0.5) is 5.69 Å². The molecule has 27 heavy (non-hydrogen) atoms. The summed E-state index contributed by atoms with van der Waals surface area (Å²) in [6.45, 7) is 0.409. The molecule has 5 nitrogen and oxygen atoms in total. The fraction of sp³-hybridized carbons (Fsp3) is 0.0476. The number of hydrogen-bond donors (Lipinski definition) is 3. The Labute approximate surface area is 161 Å². The zero-order chi connectivity index (χ0) is 19.2. The summed E-state index contributed by atoms with van der Waals surface area (Å²) >= 11 is 5.87. The van der Waals surface area contributed by atoms with Gasteiger partial charge in [-0.3, -0.25) is 9.59 Å². The topological polar surface area (TPSA) is 78.4 Å². The fourth-order valence-electron chi connectivity index (χ4n) is 2.51. The van der Waals surface area contributed by atoms with Crippen LogP contribution in [0.2, 0.25) is 5.02 Å². The molecule has 0 unspecified atom stereocenters. The van der Waals surface area contributed by atoms with Gasteiger partial charge in [0, 0.05) is 22.8 Å². The van der Waals surface area contributed by atoms with Gasteiger partial charge in [-0.05, 0) is 42.0 Å². The number of rotatable bonds is 5. The third-order valence-corrected chi connectivity index (χ3v) is 4.12. The number of halogens is 1. The van der Waals surface area contributed by atoms with Crippen LogP contribution in [0.3, 0.4) is 0 Å². The van der Waals surface area contributed by atoms with Gasteiger partial charge in [-0.2, -0.15) is 0 Å². The van der Waals surface area contributed by atoms with E-state index in [2.05, 4.69) is 10.6 Å². The molecule has 136 valence electrons. The predicted octanol–water partition coefficient (Wildman–Crippen LogP) is 4.23. The van der Waals surface area contributed by atoms with Crippen LogP contribution in [0, 0.1) is 0 Å². The normalized spacial score (nSPS) is 10.3. The highest BCUT2D eigenvalue weighted by atomic mass is 35.5. The standard InChI is InChI=1S/C21H17ClN2O3/c22-16-9-10-19(25)18(12-16)21(27)24-17-8-4-7-15(11-17)20(26)23-13-14-5-2-1-3-6-14/h1-12,25H,13H2,(H,23,26)(H,24,27). The minimum atomic E-state index is -0.517. The maximum atomic E-state index is 12.3. The predicted molar refractivity (Wildman–Crippen MR) is 105 cm³/mol. The number of amides is 2. The monoisotopic (exact) mass is 380 g/mol. The third-order valence-electron chi connectivity index (χ3n) is 3.88. The first kappa shape index (κ1) is 18.5. The van der Waals surface area contributed by atoms with Crippen molar-refractivity contribution in [1.29, 1.82) is 0 Å². The van der Waals surface area contributed by atoms with E-state index < -0.39 is 5.91 Å². The van der Waals surface area contributed by atoms with Gasteiger partial charge in [-0.1, -0.05) is 48.0 Å². The van der Waals surface area contributed by atoms with Gasteiger partial charge in [-0.25, -0.2) is 0 Å². The maximum absolute atomic E-state index is 12.3. The SMILES string of the molecule is O=C(NCc1ccccc1)c1cccc(NC(=O)c2cc(Cl)ccc2O)c1. The van der Waals surface area contributed by atoms with Gasteiger partial charge >= 0.3 is 0 Å². The van der Waals surface area contributed by atoms with Crippen LogP contribution >= 0.6 is 11.6 Å². The van der Waals surface area contributed by atoms with E-state index in [9.17, 15) is 14.7 Å². The van der Waals surface area contributed by atoms with Crippen molar-refractivity contribution in [3.05, 3.63) is 94.5 Å². The first-order chi connectivity index (χ1) is 13.0. The Morgan fingerprint density at radius 1 is 0.889 bits per heavy atom. The van der Waals surface area contributed by atoms with Gasteiger partial charge in [0.25, 0.3) is 11.8 Å². The Bertz CT molecular complexity index is 974. The van der Waals surface area contributed by atoms with E-state index >= 15 is 0 Å². The van der Waals surface area contributed by atoms with Crippen molar-refractivity contribution in [2.75, 3.05) is 5.32 Å². The van der Waals surface area contributed by atoms with Crippen molar-refractivity contribution < 1.29 is 14.7 Å². The summed E-state index contributed by atoms with van der Waals surface area (Å²) in [7, 11) is 0. The van der Waals surface area contributed by atoms with Crippen molar-refractivity contribution >= 4 is 29.1 Å². The molecule has 3 N–H and O–H groups in total. The lowest BCUT2D eigenvalue weighted by Crippen LogP contribution is -2.23. The Kier molecular flexibility index (Phi) is 5.74. The maximum Gasteiger partial charge on any atom is 0.259 e. The molecule has 0 saturated carbocycles. The fourth-order valence-corrected chi connectivity index (χ4v) is 2.68. The average molecular weight is 381 g/mol. The molecule has 0 bridgehead atoms. The zero-order valence-electron chi connectivity index (χ0n) is 14.3. The van der Waals surface area contributed by atoms with E-state index in [-0.39, 0.29) is 17.2 Å². The van der Waals surface area contributed by atoms with Crippen LogP contribution in [-0.2, 0) is 6.54 Å². The second kappa shape index (κ2) is 8.38.